The topological polar surface area (TPSA) is 38.7 Å². The third kappa shape index (κ3) is 6.01. The molecule has 3 heteroatoms. The molecule has 2 aliphatic rings. The van der Waals surface area contributed by atoms with Gasteiger partial charge in [-0.2, -0.15) is 0 Å². The summed E-state index contributed by atoms with van der Waals surface area (Å²) in [6, 6.07) is 79.3. The van der Waals surface area contributed by atoms with Crippen LogP contribution in [0.15, 0.2) is 218 Å². The van der Waals surface area contributed by atoms with Crippen molar-refractivity contribution in [2.45, 2.75) is 31.6 Å². The number of hydrogen-bond acceptors (Lipinski definition) is 3. The van der Waals surface area contributed by atoms with Crippen LogP contribution in [0, 0.1) is 0 Å². The molecule has 316 valence electrons. The molecule has 0 bridgehead atoms. The van der Waals surface area contributed by atoms with E-state index in [4.69, 9.17) is 15.0 Å². The van der Waals surface area contributed by atoms with Crippen molar-refractivity contribution in [2.75, 3.05) is 0 Å². The van der Waals surface area contributed by atoms with Crippen LogP contribution in [0.2, 0.25) is 0 Å². The van der Waals surface area contributed by atoms with E-state index in [2.05, 4.69) is 239 Å². The molecular weight excluding hydrogens is 811 g/mol. The summed E-state index contributed by atoms with van der Waals surface area (Å²) in [7, 11) is 0. The average Bonchev–Trinajstić information content (AvgIpc) is 3.79. The third-order valence-corrected chi connectivity index (χ3v) is 14.8. The van der Waals surface area contributed by atoms with Gasteiger partial charge in [0.1, 0.15) is 0 Å². The van der Waals surface area contributed by atoms with E-state index in [0.717, 1.165) is 38.2 Å². The standard InChI is InChI=1S/C64H45N3/c1-63(2)55-26-14-12-23-51(55)52-34-33-45(39-58(52)63)61-65-60(66-62(67-61)53-36-35-47(40-17-6-4-7-18-40)49-21-10-11-22-50(49)53)44-32-30-41-37-43(31-29-42(41)38-44)48-25-16-28-57-59(48)54-24-13-15-27-56(54)64(57,3)46-19-8-5-9-20-46/h4-39H,1-3H3. The lowest BCUT2D eigenvalue weighted by atomic mass is 9.74. The van der Waals surface area contributed by atoms with E-state index < -0.39 is 0 Å². The summed E-state index contributed by atoms with van der Waals surface area (Å²) >= 11 is 0. The number of benzene rings is 10. The van der Waals surface area contributed by atoms with Gasteiger partial charge in [0.05, 0.1) is 0 Å². The molecule has 1 aromatic heterocycles. The van der Waals surface area contributed by atoms with Crippen molar-refractivity contribution >= 4 is 21.5 Å². The highest BCUT2D eigenvalue weighted by Crippen LogP contribution is 2.55. The first-order valence-electron chi connectivity index (χ1n) is 23.3. The van der Waals surface area contributed by atoms with Crippen molar-refractivity contribution in [3.05, 3.63) is 246 Å². The van der Waals surface area contributed by atoms with Crippen molar-refractivity contribution < 1.29 is 0 Å². The maximum atomic E-state index is 5.33. The molecule has 10 aromatic carbocycles. The third-order valence-electron chi connectivity index (χ3n) is 14.8. The summed E-state index contributed by atoms with van der Waals surface area (Å²) in [6.07, 6.45) is 0. The second-order valence-corrected chi connectivity index (χ2v) is 18.9. The van der Waals surface area contributed by atoms with Crippen LogP contribution in [0.3, 0.4) is 0 Å². The molecule has 3 nitrogen and oxygen atoms in total. The highest BCUT2D eigenvalue weighted by Gasteiger charge is 2.41. The van der Waals surface area contributed by atoms with Gasteiger partial charge in [-0.15, -0.1) is 0 Å². The van der Waals surface area contributed by atoms with Crippen LogP contribution in [-0.4, -0.2) is 15.0 Å². The highest BCUT2D eigenvalue weighted by molar-refractivity contribution is 6.04. The minimum absolute atomic E-state index is 0.161. The van der Waals surface area contributed by atoms with Crippen LogP contribution in [0.25, 0.3) is 100 Å². The van der Waals surface area contributed by atoms with Crippen molar-refractivity contribution in [1.82, 2.24) is 15.0 Å². The van der Waals surface area contributed by atoms with Crippen LogP contribution in [0.1, 0.15) is 48.6 Å². The summed E-state index contributed by atoms with van der Waals surface area (Å²) in [4.78, 5) is 16.0. The fraction of sp³-hybridized carbons (Fsp3) is 0.0781. The second kappa shape index (κ2) is 14.9. The maximum absolute atomic E-state index is 5.33. The molecule has 0 saturated heterocycles. The van der Waals surface area contributed by atoms with Gasteiger partial charge in [0.25, 0.3) is 0 Å². The number of nitrogens with zero attached hydrogens (tertiary/aromatic N) is 3. The molecule has 11 aromatic rings. The Morgan fingerprint density at radius 3 is 1.57 bits per heavy atom. The summed E-state index contributed by atoms with van der Waals surface area (Å²) in [5.74, 6) is 1.94. The zero-order valence-corrected chi connectivity index (χ0v) is 37.6. The Morgan fingerprint density at radius 2 is 0.806 bits per heavy atom. The predicted molar refractivity (Wildman–Crippen MR) is 277 cm³/mol. The summed E-state index contributed by atoms with van der Waals surface area (Å²) < 4.78 is 0. The van der Waals surface area contributed by atoms with Crippen molar-refractivity contribution in [3.63, 3.8) is 0 Å². The van der Waals surface area contributed by atoms with Crippen LogP contribution in [0.4, 0.5) is 0 Å². The molecule has 0 amide bonds. The zero-order valence-electron chi connectivity index (χ0n) is 37.6. The number of aromatic nitrogens is 3. The fourth-order valence-corrected chi connectivity index (χ4v) is 11.4. The molecule has 67 heavy (non-hydrogen) atoms. The van der Waals surface area contributed by atoms with E-state index in [1.54, 1.807) is 0 Å². The lowest BCUT2D eigenvalue weighted by molar-refractivity contribution is 0.660. The van der Waals surface area contributed by atoms with Gasteiger partial charge in [-0.3, -0.25) is 0 Å². The van der Waals surface area contributed by atoms with Gasteiger partial charge < -0.3 is 0 Å². The van der Waals surface area contributed by atoms with Gasteiger partial charge in [-0.1, -0.05) is 208 Å². The van der Waals surface area contributed by atoms with E-state index in [0.29, 0.717) is 17.5 Å². The zero-order chi connectivity index (χ0) is 44.9. The van der Waals surface area contributed by atoms with Gasteiger partial charge in [-0.05, 0) is 125 Å². The molecule has 0 radical (unpaired) electrons. The Kier molecular flexibility index (Phi) is 8.69. The van der Waals surface area contributed by atoms with Crippen LogP contribution in [-0.2, 0) is 10.8 Å². The summed E-state index contributed by atoms with van der Waals surface area (Å²) in [6.45, 7) is 7.01. The van der Waals surface area contributed by atoms with Gasteiger partial charge >= 0.3 is 0 Å². The molecule has 0 spiro atoms. The van der Waals surface area contributed by atoms with Gasteiger partial charge in [-0.25, -0.2) is 15.0 Å². The maximum Gasteiger partial charge on any atom is 0.164 e. The first kappa shape index (κ1) is 39.1. The summed E-state index contributed by atoms with van der Waals surface area (Å²) in [5.41, 5.74) is 19.1. The first-order chi connectivity index (χ1) is 32.8. The van der Waals surface area contributed by atoms with Crippen molar-refractivity contribution in [2.24, 2.45) is 0 Å². The fourth-order valence-electron chi connectivity index (χ4n) is 11.4. The molecule has 0 fully saturated rings. The van der Waals surface area contributed by atoms with Gasteiger partial charge in [0.15, 0.2) is 17.5 Å². The quantitative estimate of drug-likeness (QED) is 0.167. The Hall–Kier alpha value is -8.27. The number of fused-ring (bicyclic) bond motifs is 8. The average molecular weight is 856 g/mol. The monoisotopic (exact) mass is 855 g/mol. The molecule has 0 N–H and O–H groups in total. The lowest BCUT2D eigenvalue weighted by Crippen LogP contribution is -2.22. The molecule has 2 aliphatic carbocycles. The first-order valence-corrected chi connectivity index (χ1v) is 23.3. The van der Waals surface area contributed by atoms with Crippen molar-refractivity contribution in [3.8, 4) is 78.7 Å². The molecule has 1 unspecified atom stereocenters. The molecule has 13 rings (SSSR count). The van der Waals surface area contributed by atoms with E-state index >= 15 is 0 Å². The SMILES string of the molecule is CC1(C)c2ccccc2-c2ccc(-c3nc(-c4ccc5cc(-c6cccc7c6-c6ccccc6C7(C)c6ccccc6)ccc5c4)nc(-c4ccc(-c5ccccc5)c5ccccc45)n3)cc21. The van der Waals surface area contributed by atoms with E-state index in [9.17, 15) is 0 Å². The van der Waals surface area contributed by atoms with E-state index in [1.165, 1.54) is 72.3 Å². The normalized spacial score (nSPS) is 15.3. The van der Waals surface area contributed by atoms with E-state index in [1.807, 2.05) is 0 Å². The lowest BCUT2D eigenvalue weighted by Gasteiger charge is -2.28. The minimum Gasteiger partial charge on any atom is -0.208 e. The molecule has 1 heterocycles. The van der Waals surface area contributed by atoms with Crippen LogP contribution < -0.4 is 0 Å². The smallest absolute Gasteiger partial charge is 0.164 e. The molecule has 0 saturated carbocycles. The molecule has 1 atom stereocenters. The second-order valence-electron chi connectivity index (χ2n) is 18.9. The Bertz CT molecular complexity index is 3790. The van der Waals surface area contributed by atoms with Crippen LogP contribution in [0.5, 0.6) is 0 Å². The summed E-state index contributed by atoms with van der Waals surface area (Å²) in [5, 5.41) is 4.54. The van der Waals surface area contributed by atoms with E-state index in [-0.39, 0.29) is 10.8 Å². The van der Waals surface area contributed by atoms with Crippen molar-refractivity contribution in [1.29, 1.82) is 0 Å². The Morgan fingerprint density at radius 1 is 0.299 bits per heavy atom. The minimum atomic E-state index is -0.256. The predicted octanol–water partition coefficient (Wildman–Crippen LogP) is 16.2. The van der Waals surface area contributed by atoms with Gasteiger partial charge in [0.2, 0.25) is 0 Å². The van der Waals surface area contributed by atoms with Gasteiger partial charge in [0, 0.05) is 27.5 Å². The molecule has 0 aliphatic heterocycles. The highest BCUT2D eigenvalue weighted by atomic mass is 15.0. The largest absolute Gasteiger partial charge is 0.208 e. The Balaban J connectivity index is 0.950. The Labute approximate surface area is 391 Å². The molecular formula is C64H45N3. The number of rotatable bonds is 6. The number of hydrogen-bond donors (Lipinski definition) is 0. The van der Waals surface area contributed by atoms with Crippen LogP contribution >= 0.6 is 0 Å².